The van der Waals surface area contributed by atoms with Crippen LogP contribution in [0.4, 0.5) is 0 Å². The summed E-state index contributed by atoms with van der Waals surface area (Å²) >= 11 is 3.68. The highest BCUT2D eigenvalue weighted by molar-refractivity contribution is 8.07. The molecule has 4 heteroatoms. The topological polar surface area (TPSA) is 30.0 Å². The van der Waals surface area contributed by atoms with Gasteiger partial charge in [0.2, 0.25) is 0 Å². The van der Waals surface area contributed by atoms with Gasteiger partial charge in [-0.15, -0.1) is 11.8 Å². The van der Waals surface area contributed by atoms with Crippen LogP contribution in [0.15, 0.2) is 18.5 Å². The zero-order valence-electron chi connectivity index (χ0n) is 9.47. The summed E-state index contributed by atoms with van der Waals surface area (Å²) in [7, 11) is 0. The summed E-state index contributed by atoms with van der Waals surface area (Å²) in [6.45, 7) is 4.12. The van der Waals surface area contributed by atoms with Gasteiger partial charge in [-0.3, -0.25) is 9.78 Å². The van der Waals surface area contributed by atoms with Crippen LogP contribution >= 0.6 is 23.5 Å². The number of hydrogen-bond acceptors (Lipinski definition) is 4. The number of thioether (sulfide) groups is 2. The Hall–Kier alpha value is -0.480. The molecule has 1 aromatic heterocycles. The molecular formula is C12H15NOS2. The number of aryl methyl sites for hydroxylation is 1. The first-order chi connectivity index (χ1) is 7.70. The Morgan fingerprint density at radius 3 is 2.88 bits per heavy atom. The molecule has 86 valence electrons. The van der Waals surface area contributed by atoms with Gasteiger partial charge >= 0.3 is 0 Å². The molecule has 2 heterocycles. The molecule has 1 saturated heterocycles. The fourth-order valence-corrected chi connectivity index (χ4v) is 4.51. The minimum atomic E-state index is 0.0987. The Labute approximate surface area is 105 Å². The second-order valence-electron chi connectivity index (χ2n) is 3.92. The SMILES string of the molecule is Cc1ccncc1C(=O)C1SCCSC1C. The van der Waals surface area contributed by atoms with Gasteiger partial charge in [0.05, 0.1) is 5.25 Å². The van der Waals surface area contributed by atoms with Crippen molar-refractivity contribution in [2.45, 2.75) is 24.3 Å². The quantitative estimate of drug-likeness (QED) is 0.758. The van der Waals surface area contributed by atoms with E-state index in [0.717, 1.165) is 22.6 Å². The Morgan fingerprint density at radius 2 is 2.19 bits per heavy atom. The number of nitrogens with zero attached hydrogens (tertiary/aromatic N) is 1. The van der Waals surface area contributed by atoms with Crippen molar-refractivity contribution in [1.82, 2.24) is 4.98 Å². The van der Waals surface area contributed by atoms with Crippen molar-refractivity contribution < 1.29 is 4.79 Å². The van der Waals surface area contributed by atoms with Crippen LogP contribution in [0.25, 0.3) is 0 Å². The predicted molar refractivity (Wildman–Crippen MR) is 71.5 cm³/mol. The van der Waals surface area contributed by atoms with E-state index in [2.05, 4.69) is 11.9 Å². The van der Waals surface area contributed by atoms with Gasteiger partial charge in [-0.05, 0) is 18.6 Å². The van der Waals surface area contributed by atoms with Crippen LogP contribution in [0.5, 0.6) is 0 Å². The molecule has 0 aromatic carbocycles. The lowest BCUT2D eigenvalue weighted by Gasteiger charge is -2.26. The molecule has 0 bridgehead atoms. The van der Waals surface area contributed by atoms with E-state index in [1.165, 1.54) is 0 Å². The first-order valence-electron chi connectivity index (χ1n) is 5.38. The Bertz CT molecular complexity index is 394. The van der Waals surface area contributed by atoms with Gasteiger partial charge in [0.15, 0.2) is 5.78 Å². The van der Waals surface area contributed by atoms with Gasteiger partial charge in [-0.2, -0.15) is 11.8 Å². The molecule has 0 spiro atoms. The number of hydrogen-bond donors (Lipinski definition) is 0. The van der Waals surface area contributed by atoms with Crippen molar-refractivity contribution in [3.63, 3.8) is 0 Å². The smallest absolute Gasteiger partial charge is 0.178 e. The van der Waals surface area contributed by atoms with E-state index >= 15 is 0 Å². The molecule has 1 aromatic rings. The number of aromatic nitrogens is 1. The van der Waals surface area contributed by atoms with Crippen molar-refractivity contribution in [2.75, 3.05) is 11.5 Å². The monoisotopic (exact) mass is 253 g/mol. The number of rotatable bonds is 2. The van der Waals surface area contributed by atoms with E-state index in [1.807, 2.05) is 24.8 Å². The zero-order chi connectivity index (χ0) is 11.5. The van der Waals surface area contributed by atoms with E-state index < -0.39 is 0 Å². The Morgan fingerprint density at radius 1 is 1.44 bits per heavy atom. The molecule has 0 N–H and O–H groups in total. The highest BCUT2D eigenvalue weighted by Crippen LogP contribution is 2.33. The lowest BCUT2D eigenvalue weighted by Crippen LogP contribution is -2.31. The maximum atomic E-state index is 12.4. The summed E-state index contributed by atoms with van der Waals surface area (Å²) in [6.07, 6.45) is 3.43. The lowest BCUT2D eigenvalue weighted by molar-refractivity contribution is 0.0988. The minimum absolute atomic E-state index is 0.0987. The third-order valence-corrected chi connectivity index (χ3v) is 5.84. The van der Waals surface area contributed by atoms with Gasteiger partial charge in [-0.1, -0.05) is 6.92 Å². The highest BCUT2D eigenvalue weighted by Gasteiger charge is 2.30. The molecule has 2 nitrogen and oxygen atoms in total. The summed E-state index contributed by atoms with van der Waals surface area (Å²) in [5, 5.41) is 0.507. The molecule has 1 aliphatic heterocycles. The Balaban J connectivity index is 2.21. The molecule has 1 fully saturated rings. The van der Waals surface area contributed by atoms with E-state index in [1.54, 1.807) is 24.2 Å². The molecule has 2 unspecified atom stereocenters. The molecule has 16 heavy (non-hydrogen) atoms. The van der Waals surface area contributed by atoms with Gasteiger partial charge in [0.1, 0.15) is 0 Å². The van der Waals surface area contributed by atoms with Gasteiger partial charge in [0, 0.05) is 34.7 Å². The normalized spacial score (nSPS) is 25.4. The van der Waals surface area contributed by atoms with Crippen LogP contribution < -0.4 is 0 Å². The van der Waals surface area contributed by atoms with E-state index in [0.29, 0.717) is 5.25 Å². The fourth-order valence-electron chi connectivity index (χ4n) is 1.80. The zero-order valence-corrected chi connectivity index (χ0v) is 11.1. The summed E-state index contributed by atoms with van der Waals surface area (Å²) in [5.74, 6) is 2.47. The third-order valence-electron chi connectivity index (χ3n) is 2.75. The van der Waals surface area contributed by atoms with Crippen molar-refractivity contribution in [3.8, 4) is 0 Å². The molecular weight excluding hydrogens is 238 g/mol. The van der Waals surface area contributed by atoms with E-state index in [9.17, 15) is 4.79 Å². The van der Waals surface area contributed by atoms with Gasteiger partial charge in [-0.25, -0.2) is 0 Å². The first-order valence-corrected chi connectivity index (χ1v) is 7.48. The van der Waals surface area contributed by atoms with Crippen molar-refractivity contribution >= 4 is 29.3 Å². The molecule has 0 saturated carbocycles. The number of carbonyl (C=O) groups is 1. The third kappa shape index (κ3) is 2.43. The lowest BCUT2D eigenvalue weighted by atomic mass is 10.0. The molecule has 2 rings (SSSR count). The number of Topliss-reactive ketones (excluding diaryl/α,β-unsaturated/α-hetero) is 1. The number of carbonyl (C=O) groups excluding carboxylic acids is 1. The summed E-state index contributed by atoms with van der Waals surface area (Å²) in [4.78, 5) is 16.4. The summed E-state index contributed by atoms with van der Waals surface area (Å²) in [6, 6.07) is 1.90. The molecule has 2 atom stereocenters. The molecule has 0 aliphatic carbocycles. The summed E-state index contributed by atoms with van der Waals surface area (Å²) in [5.41, 5.74) is 1.82. The maximum Gasteiger partial charge on any atom is 0.178 e. The first kappa shape index (κ1) is 12.0. The average Bonchev–Trinajstić information content (AvgIpc) is 2.29. The fraction of sp³-hybridized carbons (Fsp3) is 0.500. The van der Waals surface area contributed by atoms with Gasteiger partial charge < -0.3 is 0 Å². The molecule has 0 amide bonds. The van der Waals surface area contributed by atoms with Gasteiger partial charge in [0.25, 0.3) is 0 Å². The Kier molecular flexibility index (Phi) is 3.92. The largest absolute Gasteiger partial charge is 0.293 e. The van der Waals surface area contributed by atoms with Crippen LogP contribution in [0, 0.1) is 6.92 Å². The number of ketones is 1. The number of pyridine rings is 1. The predicted octanol–water partition coefficient (Wildman–Crippen LogP) is 2.81. The standard InChI is InChI=1S/C12H15NOS2/c1-8-3-4-13-7-10(8)11(14)12-9(2)15-5-6-16-12/h3-4,7,9,12H,5-6H2,1-2H3. The van der Waals surface area contributed by atoms with E-state index in [4.69, 9.17) is 0 Å². The van der Waals surface area contributed by atoms with Crippen molar-refractivity contribution in [3.05, 3.63) is 29.6 Å². The average molecular weight is 253 g/mol. The minimum Gasteiger partial charge on any atom is -0.293 e. The van der Waals surface area contributed by atoms with Crippen molar-refractivity contribution in [1.29, 1.82) is 0 Å². The highest BCUT2D eigenvalue weighted by atomic mass is 32.2. The van der Waals surface area contributed by atoms with Crippen LogP contribution in [0.2, 0.25) is 0 Å². The van der Waals surface area contributed by atoms with E-state index in [-0.39, 0.29) is 11.0 Å². The van der Waals surface area contributed by atoms with Crippen LogP contribution in [0.1, 0.15) is 22.8 Å². The molecule has 1 aliphatic rings. The van der Waals surface area contributed by atoms with Crippen molar-refractivity contribution in [2.24, 2.45) is 0 Å². The maximum absolute atomic E-state index is 12.4. The second-order valence-corrected chi connectivity index (χ2v) is 6.66. The second kappa shape index (κ2) is 5.23. The summed E-state index contributed by atoms with van der Waals surface area (Å²) < 4.78 is 0. The van der Waals surface area contributed by atoms with Crippen LogP contribution in [-0.2, 0) is 0 Å². The van der Waals surface area contributed by atoms with Crippen LogP contribution in [0.3, 0.4) is 0 Å². The van der Waals surface area contributed by atoms with Crippen LogP contribution in [-0.4, -0.2) is 32.8 Å². The molecule has 0 radical (unpaired) electrons.